The molecule has 0 aliphatic carbocycles. The van der Waals surface area contributed by atoms with E-state index in [-0.39, 0.29) is 24.1 Å². The normalized spacial score (nSPS) is 10.3. The Balaban J connectivity index is 0.000000422. The van der Waals surface area contributed by atoms with Crippen LogP contribution in [0, 0.1) is 10.1 Å². The van der Waals surface area contributed by atoms with Gasteiger partial charge < -0.3 is 24.8 Å². The average molecular weight is 518 g/mol. The van der Waals surface area contributed by atoms with E-state index < -0.39 is 16.7 Å². The van der Waals surface area contributed by atoms with E-state index in [4.69, 9.17) is 14.2 Å². The molecule has 2 aromatic carbocycles. The van der Waals surface area contributed by atoms with E-state index in [1.165, 1.54) is 43.5 Å². The lowest BCUT2D eigenvalue weighted by atomic mass is 10.2. The van der Waals surface area contributed by atoms with Crippen molar-refractivity contribution in [2.24, 2.45) is 0 Å². The van der Waals surface area contributed by atoms with Crippen molar-refractivity contribution in [3.63, 3.8) is 0 Å². The second kappa shape index (κ2) is 16.5. The van der Waals surface area contributed by atoms with Crippen LogP contribution in [-0.4, -0.2) is 35.7 Å². The molecule has 11 nitrogen and oxygen atoms in total. The lowest BCUT2D eigenvalue weighted by molar-refractivity contribution is -0.384. The number of nitrogens with one attached hydrogen (secondary N) is 2. The molecule has 0 aliphatic heterocycles. The molecule has 0 atom stereocenters. The maximum absolute atomic E-state index is 11.5. The number of nitro benzene ring substituents is 1. The molecule has 0 aromatic heterocycles. The zero-order valence-electron chi connectivity index (χ0n) is 21.7. The third kappa shape index (κ3) is 14.8. The van der Waals surface area contributed by atoms with Crippen LogP contribution in [0.2, 0.25) is 0 Å². The minimum atomic E-state index is -0.922. The second-order valence-corrected chi connectivity index (χ2v) is 8.84. The van der Waals surface area contributed by atoms with Crippen LogP contribution < -0.4 is 15.4 Å². The zero-order valence-corrected chi connectivity index (χ0v) is 21.7. The number of hydrogen-bond donors (Lipinski definition) is 2. The van der Waals surface area contributed by atoms with Crippen LogP contribution in [0.1, 0.15) is 58.9 Å². The van der Waals surface area contributed by atoms with Gasteiger partial charge >= 0.3 is 12.2 Å². The van der Waals surface area contributed by atoms with Gasteiger partial charge in [-0.25, -0.2) is 9.59 Å². The predicted octanol–water partition coefficient (Wildman–Crippen LogP) is 5.97. The molecule has 11 heteroatoms. The largest absolute Gasteiger partial charge is 0.514 e. The van der Waals surface area contributed by atoms with Crippen molar-refractivity contribution in [3.8, 4) is 5.75 Å². The third-order valence-electron chi connectivity index (χ3n) is 4.48. The maximum atomic E-state index is 11.5. The number of nitrogens with zero attached hydrogens (tertiary/aromatic N) is 1. The molecule has 202 valence electrons. The highest BCUT2D eigenvalue weighted by Crippen LogP contribution is 2.18. The van der Waals surface area contributed by atoms with Gasteiger partial charge in [-0.3, -0.25) is 14.9 Å². The number of benzene rings is 2. The molecule has 2 amide bonds. The van der Waals surface area contributed by atoms with Crippen LogP contribution in [0.5, 0.6) is 5.75 Å². The van der Waals surface area contributed by atoms with Crippen LogP contribution >= 0.6 is 0 Å². The molecule has 2 N–H and O–H groups in total. The number of ether oxygens (including phenoxy) is 3. The minimum Gasteiger partial charge on any atom is -0.444 e. The minimum absolute atomic E-state index is 0.00676. The van der Waals surface area contributed by atoms with Crippen molar-refractivity contribution >= 4 is 30.0 Å². The molecule has 2 aromatic rings. The van der Waals surface area contributed by atoms with Crippen LogP contribution in [0.4, 0.5) is 21.0 Å². The summed E-state index contributed by atoms with van der Waals surface area (Å²) in [5.41, 5.74) is 0.835. The van der Waals surface area contributed by atoms with Gasteiger partial charge in [-0.1, -0.05) is 38.3 Å². The number of amides is 2. The van der Waals surface area contributed by atoms with E-state index in [9.17, 15) is 24.5 Å². The highest BCUT2D eigenvalue weighted by Gasteiger charge is 2.15. The van der Waals surface area contributed by atoms with Gasteiger partial charge in [0.05, 0.1) is 4.92 Å². The van der Waals surface area contributed by atoms with Crippen molar-refractivity contribution < 1.29 is 33.5 Å². The number of carbonyl (C=O) groups is 3. The second-order valence-electron chi connectivity index (χ2n) is 8.84. The molecule has 0 radical (unpaired) electrons. The quantitative estimate of drug-likeness (QED) is 0.0925. The molecule has 0 fully saturated rings. The van der Waals surface area contributed by atoms with Gasteiger partial charge in [0.1, 0.15) is 18.0 Å². The summed E-state index contributed by atoms with van der Waals surface area (Å²) in [6.45, 7) is 8.47. The highest BCUT2D eigenvalue weighted by atomic mass is 16.7. The average Bonchev–Trinajstić information content (AvgIpc) is 2.83. The number of unbranched alkanes of at least 4 members (excludes halogenated alkanes) is 3. The molecule has 0 spiro atoms. The molecular formula is C26H35N3O8. The lowest BCUT2D eigenvalue weighted by Gasteiger charge is -2.19. The fraction of sp³-hybridized carbons (Fsp3) is 0.423. The first kappa shape index (κ1) is 30.9. The van der Waals surface area contributed by atoms with E-state index in [0.29, 0.717) is 17.7 Å². The Hall–Kier alpha value is -4.15. The van der Waals surface area contributed by atoms with Crippen molar-refractivity contribution in [1.29, 1.82) is 0 Å². The standard InChI is InChI=1S/C15H12N2O6.C11H23NO2/c18-10-16-12-3-1-11(2-4-12)9-22-15(19)23-14-7-5-13(6-8-14)17(20)21;1-5-6-7-8-9-12-10(13)14-11(2,3)4/h1-8,10H,9H2,(H,16,18);5-9H2,1-4H3,(H,12,13). The maximum Gasteiger partial charge on any atom is 0.514 e. The Morgan fingerprint density at radius 1 is 1.00 bits per heavy atom. The summed E-state index contributed by atoms with van der Waals surface area (Å²) in [4.78, 5) is 42.9. The number of non-ortho nitro benzene ring substituents is 1. The van der Waals surface area contributed by atoms with Crippen LogP contribution in [0.15, 0.2) is 48.5 Å². The number of hydrogen-bond acceptors (Lipinski definition) is 8. The summed E-state index contributed by atoms with van der Waals surface area (Å²) in [5, 5.41) is 15.7. The molecule has 0 unspecified atom stereocenters. The molecule has 2 rings (SSSR count). The van der Waals surface area contributed by atoms with E-state index in [0.717, 1.165) is 13.0 Å². The summed E-state index contributed by atoms with van der Waals surface area (Å²) < 4.78 is 14.9. The molecular weight excluding hydrogens is 482 g/mol. The first-order valence-corrected chi connectivity index (χ1v) is 11.9. The third-order valence-corrected chi connectivity index (χ3v) is 4.48. The van der Waals surface area contributed by atoms with Crippen LogP contribution in [0.25, 0.3) is 0 Å². The molecule has 0 saturated heterocycles. The van der Waals surface area contributed by atoms with Crippen molar-refractivity contribution in [1.82, 2.24) is 5.32 Å². The smallest absolute Gasteiger partial charge is 0.444 e. The Bertz CT molecular complexity index is 986. The molecule has 0 bridgehead atoms. The SMILES string of the molecule is CCCCCCNC(=O)OC(C)(C)C.O=CNc1ccc(COC(=O)Oc2ccc([N+](=O)[O-])cc2)cc1. The van der Waals surface area contributed by atoms with Crippen LogP contribution in [-0.2, 0) is 20.9 Å². The van der Waals surface area contributed by atoms with Crippen molar-refractivity contribution in [2.75, 3.05) is 11.9 Å². The fourth-order valence-electron chi connectivity index (χ4n) is 2.73. The van der Waals surface area contributed by atoms with E-state index in [1.54, 1.807) is 24.3 Å². The number of carbonyl (C=O) groups excluding carboxylic acids is 3. The number of alkyl carbamates (subject to hydrolysis) is 1. The van der Waals surface area contributed by atoms with Gasteiger partial charge in [0, 0.05) is 24.4 Å². The number of nitro groups is 1. The topological polar surface area (TPSA) is 146 Å². The van der Waals surface area contributed by atoms with Gasteiger partial charge in [-0.15, -0.1) is 0 Å². The molecule has 0 heterocycles. The molecule has 0 aliphatic rings. The summed E-state index contributed by atoms with van der Waals surface area (Å²) in [6.07, 6.45) is 3.98. The molecule has 37 heavy (non-hydrogen) atoms. The Kier molecular flexibility index (Phi) is 13.8. The van der Waals surface area contributed by atoms with Crippen molar-refractivity contribution in [2.45, 2.75) is 65.6 Å². The van der Waals surface area contributed by atoms with Gasteiger partial charge in [0.2, 0.25) is 6.41 Å². The van der Waals surface area contributed by atoms with Crippen LogP contribution in [0.3, 0.4) is 0 Å². The predicted molar refractivity (Wildman–Crippen MR) is 138 cm³/mol. The Morgan fingerprint density at radius 3 is 2.19 bits per heavy atom. The van der Waals surface area contributed by atoms with Gasteiger partial charge in [-0.05, 0) is 57.0 Å². The van der Waals surface area contributed by atoms with E-state index in [1.807, 2.05) is 20.8 Å². The lowest BCUT2D eigenvalue weighted by Crippen LogP contribution is -2.32. The van der Waals surface area contributed by atoms with E-state index >= 15 is 0 Å². The highest BCUT2D eigenvalue weighted by molar-refractivity contribution is 5.71. The van der Waals surface area contributed by atoms with Gasteiger partial charge in [0.25, 0.3) is 5.69 Å². The summed E-state index contributed by atoms with van der Waals surface area (Å²) in [5.74, 6) is 0.145. The Morgan fingerprint density at radius 2 is 1.65 bits per heavy atom. The van der Waals surface area contributed by atoms with Gasteiger partial charge in [0.15, 0.2) is 0 Å². The summed E-state index contributed by atoms with van der Waals surface area (Å²) in [7, 11) is 0. The van der Waals surface area contributed by atoms with Crippen molar-refractivity contribution in [3.05, 3.63) is 64.2 Å². The summed E-state index contributed by atoms with van der Waals surface area (Å²) >= 11 is 0. The van der Waals surface area contributed by atoms with Gasteiger partial charge in [-0.2, -0.15) is 0 Å². The first-order valence-electron chi connectivity index (χ1n) is 11.9. The monoisotopic (exact) mass is 517 g/mol. The molecule has 0 saturated carbocycles. The zero-order chi connectivity index (χ0) is 27.7. The summed E-state index contributed by atoms with van der Waals surface area (Å²) in [6, 6.07) is 11.8. The number of anilines is 1. The number of rotatable bonds is 11. The van der Waals surface area contributed by atoms with E-state index in [2.05, 4.69) is 17.6 Å². The Labute approximate surface area is 216 Å². The fourth-order valence-corrected chi connectivity index (χ4v) is 2.73. The first-order chi connectivity index (χ1) is 17.5.